The van der Waals surface area contributed by atoms with Crippen LogP contribution in [0.2, 0.25) is 0 Å². The molecule has 0 bridgehead atoms. The zero-order valence-corrected chi connectivity index (χ0v) is 8.25. The first-order valence-corrected chi connectivity index (χ1v) is 4.43. The minimum atomic E-state index is 0.284. The van der Waals surface area contributed by atoms with Crippen molar-refractivity contribution in [2.45, 2.75) is 13.5 Å². The molecule has 0 unspecified atom stereocenters. The fourth-order valence-corrected chi connectivity index (χ4v) is 1.03. The number of rotatable bonds is 2. The van der Waals surface area contributed by atoms with Gasteiger partial charge in [0.05, 0.1) is 0 Å². The van der Waals surface area contributed by atoms with Crippen molar-refractivity contribution < 1.29 is 4.74 Å². The Bertz CT molecular complexity index is 295. The topological polar surface area (TPSA) is 21.6 Å². The molecule has 0 N–H and O–H groups in total. The molecule has 0 aliphatic heterocycles. The zero-order valence-electron chi connectivity index (χ0n) is 7.43. The van der Waals surface area contributed by atoms with Gasteiger partial charge >= 0.3 is 0 Å². The van der Waals surface area contributed by atoms with E-state index in [1.165, 1.54) is 0 Å². The second kappa shape index (κ2) is 5.43. The molecule has 13 heavy (non-hydrogen) atoms. The molecular weight excluding hydrogens is 182 g/mol. The summed E-state index contributed by atoms with van der Waals surface area (Å²) >= 11 is 4.83. The molecule has 0 atom stereocenters. The number of hydrogen-bond acceptors (Lipinski definition) is 2. The van der Waals surface area contributed by atoms with Crippen molar-refractivity contribution in [2.24, 2.45) is 4.99 Å². The van der Waals surface area contributed by atoms with Crippen molar-refractivity contribution in [3.05, 3.63) is 35.9 Å². The maximum absolute atomic E-state index is 5.20. The second-order valence-electron chi connectivity index (χ2n) is 2.43. The summed E-state index contributed by atoms with van der Waals surface area (Å²) in [5, 5.41) is 0.284. The van der Waals surface area contributed by atoms with Gasteiger partial charge in [0.2, 0.25) is 0 Å². The Balaban J connectivity index is 2.40. The van der Waals surface area contributed by atoms with Gasteiger partial charge in [-0.25, -0.2) is 4.99 Å². The lowest BCUT2D eigenvalue weighted by Gasteiger charge is -2.02. The molecule has 0 heterocycles. The molecule has 1 rings (SSSR count). The summed E-state index contributed by atoms with van der Waals surface area (Å²) in [7, 11) is 0. The molecule has 0 aliphatic rings. The van der Waals surface area contributed by atoms with E-state index in [9.17, 15) is 0 Å². The summed E-state index contributed by atoms with van der Waals surface area (Å²) in [6.07, 6.45) is 1.62. The highest BCUT2D eigenvalue weighted by Gasteiger charge is 1.93. The van der Waals surface area contributed by atoms with E-state index in [1.54, 1.807) is 13.1 Å². The van der Waals surface area contributed by atoms with Crippen molar-refractivity contribution >= 4 is 23.6 Å². The Labute approximate surface area is 83.3 Å². The van der Waals surface area contributed by atoms with Crippen LogP contribution in [-0.4, -0.2) is 11.4 Å². The zero-order chi connectivity index (χ0) is 9.52. The third-order valence-electron chi connectivity index (χ3n) is 1.44. The number of nitrogens with zero attached hydrogens (tertiary/aromatic N) is 1. The van der Waals surface area contributed by atoms with Crippen molar-refractivity contribution in [1.82, 2.24) is 0 Å². The molecule has 0 spiro atoms. The number of hydrogen-bond donors (Lipinski definition) is 0. The summed E-state index contributed by atoms with van der Waals surface area (Å²) in [5.74, 6) is 0. The maximum atomic E-state index is 5.20. The summed E-state index contributed by atoms with van der Waals surface area (Å²) in [4.78, 5) is 3.82. The molecule has 0 saturated heterocycles. The van der Waals surface area contributed by atoms with E-state index in [1.807, 2.05) is 30.3 Å². The molecule has 0 amide bonds. The van der Waals surface area contributed by atoms with Crippen molar-refractivity contribution in [2.75, 3.05) is 0 Å². The molecule has 0 saturated carbocycles. The quantitative estimate of drug-likeness (QED) is 0.532. The van der Waals surface area contributed by atoms with Gasteiger partial charge in [0.1, 0.15) is 6.61 Å². The molecule has 0 fully saturated rings. The van der Waals surface area contributed by atoms with Gasteiger partial charge in [-0.3, -0.25) is 0 Å². The van der Waals surface area contributed by atoms with Crippen molar-refractivity contribution in [1.29, 1.82) is 0 Å². The number of aliphatic imine (C=N–C) groups is 1. The molecule has 1 aromatic carbocycles. The number of ether oxygens (including phenoxy) is 1. The summed E-state index contributed by atoms with van der Waals surface area (Å²) < 4.78 is 5.20. The Hall–Kier alpha value is -1.22. The maximum Gasteiger partial charge on any atom is 0.283 e. The minimum absolute atomic E-state index is 0.284. The van der Waals surface area contributed by atoms with Crippen molar-refractivity contribution in [3.63, 3.8) is 0 Å². The molecule has 0 aromatic heterocycles. The predicted molar refractivity (Wildman–Crippen MR) is 58.0 cm³/mol. The van der Waals surface area contributed by atoms with Gasteiger partial charge in [0, 0.05) is 6.21 Å². The predicted octanol–water partition coefficient (Wildman–Crippen LogP) is 2.58. The van der Waals surface area contributed by atoms with E-state index in [0.29, 0.717) is 6.61 Å². The fourth-order valence-electron chi connectivity index (χ4n) is 0.862. The van der Waals surface area contributed by atoms with Gasteiger partial charge in [0.25, 0.3) is 5.17 Å². The highest BCUT2D eigenvalue weighted by molar-refractivity contribution is 7.80. The van der Waals surface area contributed by atoms with E-state index >= 15 is 0 Å². The number of benzene rings is 1. The first kappa shape index (κ1) is 9.86. The second-order valence-corrected chi connectivity index (χ2v) is 2.78. The Kier molecular flexibility index (Phi) is 4.12. The van der Waals surface area contributed by atoms with E-state index in [2.05, 4.69) is 4.99 Å². The first-order valence-electron chi connectivity index (χ1n) is 4.02. The highest BCUT2D eigenvalue weighted by Crippen LogP contribution is 2.01. The Morgan fingerprint density at radius 1 is 1.46 bits per heavy atom. The molecule has 0 aliphatic carbocycles. The van der Waals surface area contributed by atoms with Gasteiger partial charge in [-0.1, -0.05) is 30.3 Å². The van der Waals surface area contributed by atoms with Crippen LogP contribution < -0.4 is 0 Å². The summed E-state index contributed by atoms with van der Waals surface area (Å²) in [5.41, 5.74) is 1.09. The molecule has 0 radical (unpaired) electrons. The van der Waals surface area contributed by atoms with Crippen LogP contribution in [-0.2, 0) is 11.3 Å². The van der Waals surface area contributed by atoms with E-state index < -0.39 is 0 Å². The SMILES string of the molecule is CC=NC(=S)OCc1ccccc1. The van der Waals surface area contributed by atoms with E-state index in [0.717, 1.165) is 5.56 Å². The van der Waals surface area contributed by atoms with Crippen LogP contribution in [0, 0.1) is 0 Å². The average Bonchev–Trinajstić information content (AvgIpc) is 2.17. The van der Waals surface area contributed by atoms with Crippen molar-refractivity contribution in [3.8, 4) is 0 Å². The van der Waals surface area contributed by atoms with Gasteiger partial charge < -0.3 is 4.74 Å². The van der Waals surface area contributed by atoms with Crippen LogP contribution in [0.4, 0.5) is 0 Å². The van der Waals surface area contributed by atoms with Crippen LogP contribution in [0.3, 0.4) is 0 Å². The molecule has 3 heteroatoms. The van der Waals surface area contributed by atoms with Crippen LogP contribution >= 0.6 is 12.2 Å². The van der Waals surface area contributed by atoms with Crippen LogP contribution in [0.15, 0.2) is 35.3 Å². The third kappa shape index (κ3) is 3.80. The fraction of sp³-hybridized carbons (Fsp3) is 0.200. The molecule has 68 valence electrons. The highest BCUT2D eigenvalue weighted by atomic mass is 32.1. The monoisotopic (exact) mass is 193 g/mol. The van der Waals surface area contributed by atoms with Crippen LogP contribution in [0.25, 0.3) is 0 Å². The van der Waals surface area contributed by atoms with Gasteiger partial charge in [-0.05, 0) is 24.7 Å². The van der Waals surface area contributed by atoms with E-state index in [-0.39, 0.29) is 5.17 Å². The lowest BCUT2D eigenvalue weighted by molar-refractivity contribution is 0.297. The minimum Gasteiger partial charge on any atom is -0.465 e. The van der Waals surface area contributed by atoms with Crippen LogP contribution in [0.5, 0.6) is 0 Å². The standard InChI is InChI=1S/C10H11NOS/c1-2-11-10(13)12-8-9-6-4-3-5-7-9/h2-7H,8H2,1H3. The molecule has 2 nitrogen and oxygen atoms in total. The number of thiocarbonyl (C=S) groups is 1. The van der Waals surface area contributed by atoms with Gasteiger partial charge in [0.15, 0.2) is 0 Å². The summed E-state index contributed by atoms with van der Waals surface area (Å²) in [6, 6.07) is 9.86. The van der Waals surface area contributed by atoms with Gasteiger partial charge in [-0.2, -0.15) is 0 Å². The van der Waals surface area contributed by atoms with Gasteiger partial charge in [-0.15, -0.1) is 0 Å². The summed E-state index contributed by atoms with van der Waals surface area (Å²) in [6.45, 7) is 2.29. The van der Waals surface area contributed by atoms with E-state index in [4.69, 9.17) is 17.0 Å². The Morgan fingerprint density at radius 2 is 2.15 bits per heavy atom. The smallest absolute Gasteiger partial charge is 0.283 e. The third-order valence-corrected chi connectivity index (χ3v) is 1.66. The first-order chi connectivity index (χ1) is 6.33. The average molecular weight is 193 g/mol. The lowest BCUT2D eigenvalue weighted by Crippen LogP contribution is -1.98. The lowest BCUT2D eigenvalue weighted by atomic mass is 10.2. The Morgan fingerprint density at radius 3 is 2.77 bits per heavy atom. The molecule has 1 aromatic rings. The van der Waals surface area contributed by atoms with Crippen LogP contribution in [0.1, 0.15) is 12.5 Å². The molecular formula is C10H11NOS. The normalized spacial score (nSPS) is 10.2. The largest absolute Gasteiger partial charge is 0.465 e.